The van der Waals surface area contributed by atoms with Crippen molar-refractivity contribution < 1.29 is 30.0 Å². The predicted octanol–water partition coefficient (Wildman–Crippen LogP) is -2.72. The van der Waals surface area contributed by atoms with Crippen molar-refractivity contribution in [3.63, 3.8) is 0 Å². The van der Waals surface area contributed by atoms with Gasteiger partial charge in [0.15, 0.2) is 6.23 Å². The van der Waals surface area contributed by atoms with Crippen LogP contribution in [0.4, 0.5) is 4.79 Å². The van der Waals surface area contributed by atoms with Crippen LogP contribution in [0, 0.1) is 0 Å². The van der Waals surface area contributed by atoms with Gasteiger partial charge in [-0.2, -0.15) is 0 Å². The highest BCUT2D eigenvalue weighted by Crippen LogP contribution is 2.25. The second kappa shape index (κ2) is 4.59. The molecule has 2 aliphatic rings. The van der Waals surface area contributed by atoms with Crippen molar-refractivity contribution in [2.75, 3.05) is 6.61 Å². The Labute approximate surface area is 96.7 Å². The molecule has 8 heteroatoms. The number of rotatable bonds is 2. The van der Waals surface area contributed by atoms with Crippen LogP contribution >= 0.6 is 0 Å². The highest BCUT2D eigenvalue weighted by Gasteiger charge is 2.46. The van der Waals surface area contributed by atoms with Gasteiger partial charge >= 0.3 is 6.03 Å². The van der Waals surface area contributed by atoms with Gasteiger partial charge in [-0.05, 0) is 6.08 Å². The molecule has 0 aromatic carbocycles. The van der Waals surface area contributed by atoms with E-state index in [2.05, 4.69) is 5.32 Å². The highest BCUT2D eigenvalue weighted by atomic mass is 16.6. The maximum atomic E-state index is 11.5. The Morgan fingerprint density at radius 3 is 2.59 bits per heavy atom. The number of carbonyl (C=O) groups excluding carboxylic acids is 1. The van der Waals surface area contributed by atoms with Gasteiger partial charge < -0.3 is 30.5 Å². The summed E-state index contributed by atoms with van der Waals surface area (Å²) < 4.78 is 5.16. The van der Waals surface area contributed by atoms with Gasteiger partial charge in [-0.1, -0.05) is 0 Å². The molecule has 96 valence electrons. The van der Waals surface area contributed by atoms with Crippen LogP contribution in [-0.2, 0) is 4.74 Å². The van der Waals surface area contributed by atoms with E-state index in [1.165, 1.54) is 12.3 Å². The summed E-state index contributed by atoms with van der Waals surface area (Å²) in [6, 6.07) is -0.658. The largest absolute Gasteiger partial charge is 0.394 e. The summed E-state index contributed by atoms with van der Waals surface area (Å²) in [5.41, 5.74) is 0. The molecule has 2 rings (SSSR count). The predicted molar refractivity (Wildman–Crippen MR) is 53.3 cm³/mol. The molecule has 8 nitrogen and oxygen atoms in total. The molecule has 1 unspecified atom stereocenters. The van der Waals surface area contributed by atoms with E-state index in [0.29, 0.717) is 0 Å². The average Bonchev–Trinajstić information content (AvgIpc) is 2.57. The third kappa shape index (κ3) is 2.13. The molecule has 0 radical (unpaired) electrons. The average molecular weight is 246 g/mol. The Bertz CT molecular complexity index is 335. The Hall–Kier alpha value is -1.19. The van der Waals surface area contributed by atoms with Crippen molar-refractivity contribution in [3.05, 3.63) is 12.3 Å². The van der Waals surface area contributed by atoms with Gasteiger partial charge in [0.1, 0.15) is 24.5 Å². The van der Waals surface area contributed by atoms with Crippen molar-refractivity contribution in [2.45, 2.75) is 30.8 Å². The molecular weight excluding hydrogens is 232 g/mol. The van der Waals surface area contributed by atoms with E-state index < -0.39 is 43.4 Å². The SMILES string of the molecule is O=C1NC(O)C=CN1[C@@H]1O[C@H](CO)[C@@H](O)[C@H]1O. The Morgan fingerprint density at radius 2 is 2.06 bits per heavy atom. The highest BCUT2D eigenvalue weighted by molar-refractivity contribution is 5.77. The molecule has 2 amide bonds. The van der Waals surface area contributed by atoms with E-state index in [4.69, 9.17) is 14.9 Å². The lowest BCUT2D eigenvalue weighted by molar-refractivity contribution is -0.0677. The molecule has 2 heterocycles. The first-order chi connectivity index (χ1) is 8.04. The normalized spacial score (nSPS) is 41.8. The lowest BCUT2D eigenvalue weighted by atomic mass is 10.1. The number of nitrogens with one attached hydrogen (secondary N) is 1. The number of hydrogen-bond acceptors (Lipinski definition) is 6. The second-order valence-corrected chi connectivity index (χ2v) is 3.87. The topological polar surface area (TPSA) is 122 Å². The summed E-state index contributed by atoms with van der Waals surface area (Å²) >= 11 is 0. The van der Waals surface area contributed by atoms with Crippen molar-refractivity contribution in [1.29, 1.82) is 0 Å². The van der Waals surface area contributed by atoms with Crippen LogP contribution in [0.25, 0.3) is 0 Å². The standard InChI is InChI=1S/C9H14N2O6/c12-3-4-6(14)7(15)8(17-4)11-2-1-5(13)10-9(11)16/h1-2,4-8,12-15H,3H2,(H,10,16)/t4-,5?,6-,7-,8-/m1/s1. The minimum absolute atomic E-state index is 0.462. The van der Waals surface area contributed by atoms with Crippen LogP contribution in [0.2, 0.25) is 0 Å². The summed E-state index contributed by atoms with van der Waals surface area (Å²) in [4.78, 5) is 12.5. The number of urea groups is 1. The summed E-state index contributed by atoms with van der Waals surface area (Å²) in [6.45, 7) is -0.462. The first-order valence-corrected chi connectivity index (χ1v) is 5.12. The number of carbonyl (C=O) groups is 1. The summed E-state index contributed by atoms with van der Waals surface area (Å²) in [5.74, 6) is 0. The van der Waals surface area contributed by atoms with E-state index in [9.17, 15) is 15.0 Å². The van der Waals surface area contributed by atoms with E-state index in [0.717, 1.165) is 4.90 Å². The van der Waals surface area contributed by atoms with Crippen molar-refractivity contribution in [3.8, 4) is 0 Å². The number of amides is 2. The molecule has 17 heavy (non-hydrogen) atoms. The smallest absolute Gasteiger partial charge is 0.325 e. The molecule has 0 bridgehead atoms. The molecule has 5 N–H and O–H groups in total. The van der Waals surface area contributed by atoms with Crippen LogP contribution < -0.4 is 5.32 Å². The van der Waals surface area contributed by atoms with Gasteiger partial charge in [0.2, 0.25) is 0 Å². The fourth-order valence-corrected chi connectivity index (χ4v) is 1.80. The van der Waals surface area contributed by atoms with E-state index in [1.807, 2.05) is 0 Å². The van der Waals surface area contributed by atoms with Crippen molar-refractivity contribution in [1.82, 2.24) is 10.2 Å². The number of nitrogens with zero attached hydrogens (tertiary/aromatic N) is 1. The maximum absolute atomic E-state index is 11.5. The van der Waals surface area contributed by atoms with Gasteiger partial charge in [0.05, 0.1) is 6.61 Å². The van der Waals surface area contributed by atoms with Gasteiger partial charge in [0, 0.05) is 6.20 Å². The number of aliphatic hydroxyl groups excluding tert-OH is 4. The number of ether oxygens (including phenoxy) is 1. The quantitative estimate of drug-likeness (QED) is 0.361. The molecule has 0 aromatic rings. The summed E-state index contributed by atoms with van der Waals surface area (Å²) in [6.07, 6.45) is -3.17. The fraction of sp³-hybridized carbons (Fsp3) is 0.667. The monoisotopic (exact) mass is 246 g/mol. The van der Waals surface area contributed by atoms with Crippen molar-refractivity contribution in [2.24, 2.45) is 0 Å². The Balaban J connectivity index is 2.13. The number of aliphatic hydroxyl groups is 4. The van der Waals surface area contributed by atoms with Gasteiger partial charge in [0.25, 0.3) is 0 Å². The third-order valence-corrected chi connectivity index (χ3v) is 2.73. The summed E-state index contributed by atoms with van der Waals surface area (Å²) in [5, 5.41) is 39.4. The van der Waals surface area contributed by atoms with Crippen LogP contribution in [0.15, 0.2) is 12.3 Å². The lowest BCUT2D eigenvalue weighted by Crippen LogP contribution is -2.53. The third-order valence-electron chi connectivity index (χ3n) is 2.73. The maximum Gasteiger partial charge on any atom is 0.325 e. The molecule has 1 fully saturated rings. The number of hydrogen-bond donors (Lipinski definition) is 5. The van der Waals surface area contributed by atoms with Crippen LogP contribution in [0.1, 0.15) is 0 Å². The lowest BCUT2D eigenvalue weighted by Gasteiger charge is -2.31. The molecule has 5 atom stereocenters. The van der Waals surface area contributed by atoms with Crippen LogP contribution in [-0.4, -0.2) is 68.7 Å². The van der Waals surface area contributed by atoms with E-state index in [-0.39, 0.29) is 0 Å². The summed E-state index contributed by atoms with van der Waals surface area (Å²) in [7, 11) is 0. The molecule has 1 saturated heterocycles. The molecule has 0 saturated carbocycles. The molecule has 0 spiro atoms. The minimum Gasteiger partial charge on any atom is -0.394 e. The zero-order valence-corrected chi connectivity index (χ0v) is 8.80. The first-order valence-electron chi connectivity index (χ1n) is 5.12. The zero-order valence-electron chi connectivity index (χ0n) is 8.80. The Kier molecular flexibility index (Phi) is 3.31. The van der Waals surface area contributed by atoms with Crippen LogP contribution in [0.3, 0.4) is 0 Å². The van der Waals surface area contributed by atoms with Crippen molar-refractivity contribution >= 4 is 6.03 Å². The van der Waals surface area contributed by atoms with Crippen LogP contribution in [0.5, 0.6) is 0 Å². The fourth-order valence-electron chi connectivity index (χ4n) is 1.80. The second-order valence-electron chi connectivity index (χ2n) is 3.87. The minimum atomic E-state index is -1.32. The Morgan fingerprint density at radius 1 is 1.35 bits per heavy atom. The van der Waals surface area contributed by atoms with Gasteiger partial charge in [-0.15, -0.1) is 0 Å². The van der Waals surface area contributed by atoms with Gasteiger partial charge in [-0.3, -0.25) is 4.90 Å². The molecule has 0 aliphatic carbocycles. The molecule has 2 aliphatic heterocycles. The first kappa shape index (κ1) is 12.3. The zero-order chi connectivity index (χ0) is 12.6. The molecule has 0 aromatic heterocycles. The molecular formula is C9H14N2O6. The van der Waals surface area contributed by atoms with Gasteiger partial charge in [-0.25, -0.2) is 4.79 Å². The van der Waals surface area contributed by atoms with E-state index in [1.54, 1.807) is 0 Å². The van der Waals surface area contributed by atoms with E-state index >= 15 is 0 Å².